The van der Waals surface area contributed by atoms with Crippen LogP contribution in [0.5, 0.6) is 0 Å². The molecule has 0 bridgehead atoms. The molecule has 0 saturated carbocycles. The second kappa shape index (κ2) is 14.1. The van der Waals surface area contributed by atoms with Crippen LogP contribution < -0.4 is 9.62 Å². The zero-order valence-electron chi connectivity index (χ0n) is 23.0. The van der Waals surface area contributed by atoms with Crippen LogP contribution in [0.25, 0.3) is 0 Å². The van der Waals surface area contributed by atoms with Gasteiger partial charge in [-0.1, -0.05) is 84.4 Å². The van der Waals surface area contributed by atoms with Gasteiger partial charge in [0.15, 0.2) is 0 Å². The molecule has 4 rings (SSSR count). The SMILES string of the molecule is CCNC(=O)C(Cc1ccccc1)N(Cc1ccc(F)cc1)C(=O)CN(c1ccccc1Cl)S(=O)(=O)c1ccccc1. The summed E-state index contributed by atoms with van der Waals surface area (Å²) in [7, 11) is -4.25. The molecule has 4 aromatic rings. The standard InChI is InChI=1S/C32H31ClFN3O4S/c1-2-35-32(39)30(21-24-11-5-3-6-12-24)36(22-25-17-19-26(34)20-18-25)31(38)23-37(29-16-10-9-15-28(29)33)42(40,41)27-13-7-4-8-14-27/h3-20,30H,2,21-23H2,1H3,(H,35,39). The molecule has 0 aliphatic carbocycles. The lowest BCUT2D eigenvalue weighted by Gasteiger charge is -2.34. The number of anilines is 1. The molecule has 7 nitrogen and oxygen atoms in total. The highest BCUT2D eigenvalue weighted by Gasteiger charge is 2.35. The number of carbonyl (C=O) groups excluding carboxylic acids is 2. The fraction of sp³-hybridized carbons (Fsp3) is 0.188. The van der Waals surface area contributed by atoms with E-state index in [0.717, 1.165) is 9.87 Å². The number of rotatable bonds is 12. The van der Waals surface area contributed by atoms with Crippen LogP contribution in [-0.4, -0.2) is 44.3 Å². The first-order chi connectivity index (χ1) is 20.2. The quantitative estimate of drug-likeness (QED) is 0.232. The lowest BCUT2D eigenvalue weighted by atomic mass is 10.0. The topological polar surface area (TPSA) is 86.8 Å². The Morgan fingerprint density at radius 1 is 0.833 bits per heavy atom. The number of amides is 2. The lowest BCUT2D eigenvalue weighted by Crippen LogP contribution is -2.53. The van der Waals surface area contributed by atoms with Crippen molar-refractivity contribution in [2.45, 2.75) is 30.8 Å². The molecule has 0 saturated heterocycles. The summed E-state index contributed by atoms with van der Waals surface area (Å²) in [6.07, 6.45) is 0.178. The summed E-state index contributed by atoms with van der Waals surface area (Å²) >= 11 is 6.45. The molecular weight excluding hydrogens is 577 g/mol. The maximum Gasteiger partial charge on any atom is 0.264 e. The Kier molecular flexibility index (Phi) is 10.3. The summed E-state index contributed by atoms with van der Waals surface area (Å²) < 4.78 is 42.5. The molecule has 1 N–H and O–H groups in total. The van der Waals surface area contributed by atoms with Gasteiger partial charge in [-0.2, -0.15) is 0 Å². The van der Waals surface area contributed by atoms with E-state index >= 15 is 0 Å². The van der Waals surface area contributed by atoms with Gasteiger partial charge in [-0.25, -0.2) is 12.8 Å². The number of hydrogen-bond acceptors (Lipinski definition) is 4. The van der Waals surface area contributed by atoms with Crippen molar-refractivity contribution in [1.82, 2.24) is 10.2 Å². The van der Waals surface area contributed by atoms with Gasteiger partial charge in [-0.15, -0.1) is 0 Å². The van der Waals surface area contributed by atoms with E-state index < -0.39 is 40.2 Å². The number of halogens is 2. The molecule has 2 amide bonds. The summed E-state index contributed by atoms with van der Waals surface area (Å²) in [5.74, 6) is -1.47. The van der Waals surface area contributed by atoms with E-state index in [2.05, 4.69) is 5.32 Å². The molecule has 218 valence electrons. The third-order valence-corrected chi connectivity index (χ3v) is 8.71. The molecule has 4 aromatic carbocycles. The number of para-hydroxylation sites is 1. The van der Waals surface area contributed by atoms with Crippen molar-refractivity contribution in [3.63, 3.8) is 0 Å². The molecule has 0 heterocycles. The summed E-state index contributed by atoms with van der Waals surface area (Å²) in [6.45, 7) is 1.41. The minimum absolute atomic E-state index is 0.0210. The maximum absolute atomic E-state index is 14.3. The van der Waals surface area contributed by atoms with Crippen LogP contribution >= 0.6 is 11.6 Å². The average molecular weight is 608 g/mol. The van der Waals surface area contributed by atoms with Gasteiger partial charge >= 0.3 is 0 Å². The maximum atomic E-state index is 14.3. The number of carbonyl (C=O) groups is 2. The van der Waals surface area contributed by atoms with Crippen LogP contribution in [0.2, 0.25) is 5.02 Å². The first-order valence-electron chi connectivity index (χ1n) is 13.4. The molecule has 42 heavy (non-hydrogen) atoms. The van der Waals surface area contributed by atoms with Crippen LogP contribution in [0.4, 0.5) is 10.1 Å². The Morgan fingerprint density at radius 3 is 2.05 bits per heavy atom. The van der Waals surface area contributed by atoms with Crippen LogP contribution in [0.3, 0.4) is 0 Å². The fourth-order valence-electron chi connectivity index (χ4n) is 4.52. The molecule has 1 atom stereocenters. The second-order valence-corrected chi connectivity index (χ2v) is 11.8. The van der Waals surface area contributed by atoms with Crippen LogP contribution in [0.15, 0.2) is 114 Å². The van der Waals surface area contributed by atoms with Gasteiger partial charge in [-0.3, -0.25) is 13.9 Å². The third kappa shape index (κ3) is 7.54. The van der Waals surface area contributed by atoms with E-state index in [0.29, 0.717) is 12.1 Å². The van der Waals surface area contributed by atoms with Crippen molar-refractivity contribution < 1.29 is 22.4 Å². The van der Waals surface area contributed by atoms with E-state index in [1.807, 2.05) is 30.3 Å². The van der Waals surface area contributed by atoms with Crippen molar-refractivity contribution in [2.24, 2.45) is 0 Å². The van der Waals surface area contributed by atoms with E-state index in [4.69, 9.17) is 11.6 Å². The normalized spacial score (nSPS) is 11.9. The average Bonchev–Trinajstić information content (AvgIpc) is 3.00. The van der Waals surface area contributed by atoms with Crippen molar-refractivity contribution >= 4 is 39.1 Å². The number of benzene rings is 4. The fourth-order valence-corrected chi connectivity index (χ4v) is 6.26. The van der Waals surface area contributed by atoms with E-state index in [1.54, 1.807) is 37.3 Å². The summed E-state index contributed by atoms with van der Waals surface area (Å²) in [6, 6.07) is 27.9. The van der Waals surface area contributed by atoms with Gasteiger partial charge in [0.05, 0.1) is 15.6 Å². The minimum Gasteiger partial charge on any atom is -0.355 e. The largest absolute Gasteiger partial charge is 0.355 e. The predicted molar refractivity (Wildman–Crippen MR) is 162 cm³/mol. The van der Waals surface area contributed by atoms with Crippen LogP contribution in [0, 0.1) is 5.82 Å². The Morgan fingerprint density at radius 2 is 1.43 bits per heavy atom. The molecule has 1 unspecified atom stereocenters. The molecule has 0 fully saturated rings. The monoisotopic (exact) mass is 607 g/mol. The lowest BCUT2D eigenvalue weighted by molar-refractivity contribution is -0.140. The predicted octanol–water partition coefficient (Wildman–Crippen LogP) is 5.45. The number of hydrogen-bond donors (Lipinski definition) is 1. The summed E-state index contributed by atoms with van der Waals surface area (Å²) in [5, 5.41) is 2.94. The zero-order valence-corrected chi connectivity index (χ0v) is 24.6. The van der Waals surface area contributed by atoms with Crippen molar-refractivity contribution in [1.29, 1.82) is 0 Å². The Bertz CT molecular complexity index is 1600. The van der Waals surface area contributed by atoms with Gasteiger partial charge in [0.1, 0.15) is 18.4 Å². The van der Waals surface area contributed by atoms with Gasteiger partial charge in [-0.05, 0) is 54.4 Å². The van der Waals surface area contributed by atoms with Crippen molar-refractivity contribution in [2.75, 3.05) is 17.4 Å². The summed E-state index contributed by atoms with van der Waals surface area (Å²) in [4.78, 5) is 29.0. The zero-order chi connectivity index (χ0) is 30.1. The first kappa shape index (κ1) is 30.7. The van der Waals surface area contributed by atoms with Gasteiger partial charge in [0, 0.05) is 19.5 Å². The first-order valence-corrected chi connectivity index (χ1v) is 15.2. The molecule has 0 aliphatic rings. The highest BCUT2D eigenvalue weighted by atomic mass is 35.5. The smallest absolute Gasteiger partial charge is 0.264 e. The highest BCUT2D eigenvalue weighted by molar-refractivity contribution is 7.92. The number of sulfonamides is 1. The van der Waals surface area contributed by atoms with E-state index in [1.165, 1.54) is 53.4 Å². The number of nitrogens with zero attached hydrogens (tertiary/aromatic N) is 2. The molecule has 0 spiro atoms. The van der Waals surface area contributed by atoms with E-state index in [9.17, 15) is 22.4 Å². The Balaban J connectivity index is 1.79. The Hall–Kier alpha value is -4.21. The van der Waals surface area contributed by atoms with Crippen LogP contribution in [-0.2, 0) is 32.6 Å². The van der Waals surface area contributed by atoms with Crippen molar-refractivity contribution in [3.8, 4) is 0 Å². The van der Waals surface area contributed by atoms with Gasteiger partial charge < -0.3 is 10.2 Å². The number of nitrogens with one attached hydrogen (secondary N) is 1. The van der Waals surface area contributed by atoms with Gasteiger partial charge in [0.2, 0.25) is 11.8 Å². The highest BCUT2D eigenvalue weighted by Crippen LogP contribution is 2.31. The van der Waals surface area contributed by atoms with Crippen molar-refractivity contribution in [3.05, 3.63) is 131 Å². The minimum atomic E-state index is -4.25. The summed E-state index contributed by atoms with van der Waals surface area (Å²) in [5.41, 5.74) is 1.50. The van der Waals surface area contributed by atoms with Gasteiger partial charge in [0.25, 0.3) is 10.0 Å². The third-order valence-electron chi connectivity index (χ3n) is 6.62. The molecule has 0 radical (unpaired) electrons. The number of likely N-dealkylation sites (N-methyl/N-ethyl adjacent to an activating group) is 1. The molecular formula is C32H31ClFN3O4S. The van der Waals surface area contributed by atoms with Crippen LogP contribution in [0.1, 0.15) is 18.1 Å². The van der Waals surface area contributed by atoms with E-state index in [-0.39, 0.29) is 28.6 Å². The second-order valence-electron chi connectivity index (χ2n) is 9.52. The Labute approximate surface area is 250 Å². The molecule has 10 heteroatoms. The molecule has 0 aliphatic heterocycles. The molecule has 0 aromatic heterocycles.